The smallest absolute Gasteiger partial charge is 0.249 e. The molecule has 0 fully saturated rings. The van der Waals surface area contributed by atoms with Crippen LogP contribution in [0.2, 0.25) is 5.28 Å². The molecule has 0 aliphatic carbocycles. The van der Waals surface area contributed by atoms with Crippen molar-refractivity contribution in [3.05, 3.63) is 22.7 Å². The van der Waals surface area contributed by atoms with Gasteiger partial charge in [-0.15, -0.1) is 5.10 Å². The van der Waals surface area contributed by atoms with Gasteiger partial charge >= 0.3 is 0 Å². The number of aromatic amines is 1. The molecule has 3 N–H and O–H groups in total. The molecule has 0 amide bonds. The summed E-state index contributed by atoms with van der Waals surface area (Å²) in [7, 11) is 0. The maximum absolute atomic E-state index is 5.76. The molecule has 0 aliphatic heterocycles. The van der Waals surface area contributed by atoms with E-state index in [9.17, 15) is 0 Å². The first kappa shape index (κ1) is 10.7. The Morgan fingerprint density at radius 2 is 2.12 bits per heavy atom. The molecule has 0 radical (unpaired) electrons. The lowest BCUT2D eigenvalue weighted by Gasteiger charge is -2.06. The van der Waals surface area contributed by atoms with Crippen molar-refractivity contribution in [1.82, 2.24) is 20.2 Å². The fourth-order valence-electron chi connectivity index (χ4n) is 1.14. The predicted molar refractivity (Wildman–Crippen MR) is 59.6 cm³/mol. The van der Waals surface area contributed by atoms with E-state index in [1.807, 2.05) is 6.92 Å². The number of hydrogen-bond acceptors (Lipinski definition) is 5. The van der Waals surface area contributed by atoms with E-state index in [1.54, 1.807) is 13.0 Å². The number of halogens is 1. The van der Waals surface area contributed by atoms with Crippen LogP contribution in [0.5, 0.6) is 11.8 Å². The van der Waals surface area contributed by atoms with Gasteiger partial charge < -0.3 is 10.5 Å². The average Bonchev–Trinajstić information content (AvgIpc) is 2.60. The van der Waals surface area contributed by atoms with E-state index < -0.39 is 0 Å². The number of nitrogens with one attached hydrogen (secondary N) is 1. The highest BCUT2D eigenvalue weighted by Crippen LogP contribution is 2.27. The van der Waals surface area contributed by atoms with E-state index in [0.29, 0.717) is 17.3 Å². The second-order valence-electron chi connectivity index (χ2n) is 3.29. The van der Waals surface area contributed by atoms with Crippen LogP contribution in [0, 0.1) is 13.8 Å². The van der Waals surface area contributed by atoms with Gasteiger partial charge in [-0.05, 0) is 25.4 Å². The highest BCUT2D eigenvalue weighted by atomic mass is 35.5. The number of anilines is 1. The lowest BCUT2D eigenvalue weighted by Crippen LogP contribution is -2.00. The Bertz CT molecular complexity index is 525. The Hall–Kier alpha value is -1.82. The van der Waals surface area contributed by atoms with Crippen LogP contribution >= 0.6 is 11.6 Å². The number of ether oxygens (including phenoxy) is 1. The molecule has 7 heteroatoms. The minimum atomic E-state index is 0.0916. The summed E-state index contributed by atoms with van der Waals surface area (Å²) in [4.78, 5) is 7.79. The second kappa shape index (κ2) is 3.97. The zero-order valence-electron chi connectivity index (χ0n) is 8.78. The van der Waals surface area contributed by atoms with Crippen LogP contribution in [-0.4, -0.2) is 20.2 Å². The maximum atomic E-state index is 5.76. The van der Waals surface area contributed by atoms with Crippen LogP contribution in [0.1, 0.15) is 11.4 Å². The molecule has 0 unspecified atom stereocenters. The highest BCUT2D eigenvalue weighted by molar-refractivity contribution is 6.28. The Morgan fingerprint density at radius 3 is 2.75 bits per heavy atom. The number of hydrogen-bond donors (Lipinski definition) is 2. The standard InChI is InChI=1S/C9H10ClN5O/c1-4-3-6(15-14-4)16-8-7(11)5(2)12-9(10)13-8/h3H,11H2,1-2H3,(H,14,15). The van der Waals surface area contributed by atoms with Crippen molar-refractivity contribution >= 4 is 17.3 Å². The molecule has 0 bridgehead atoms. The summed E-state index contributed by atoms with van der Waals surface area (Å²) >= 11 is 5.71. The van der Waals surface area contributed by atoms with Crippen molar-refractivity contribution in [3.63, 3.8) is 0 Å². The van der Waals surface area contributed by atoms with Crippen molar-refractivity contribution < 1.29 is 4.74 Å². The summed E-state index contributed by atoms with van der Waals surface area (Å²) in [5, 5.41) is 6.74. The molecule has 2 heterocycles. The number of aryl methyl sites for hydroxylation is 2. The molecule has 84 valence electrons. The number of nitrogen functional groups attached to an aromatic ring is 1. The van der Waals surface area contributed by atoms with Gasteiger partial charge in [0, 0.05) is 11.8 Å². The molecule has 2 aromatic rings. The molecule has 0 saturated heterocycles. The maximum Gasteiger partial charge on any atom is 0.249 e. The summed E-state index contributed by atoms with van der Waals surface area (Å²) < 4.78 is 5.39. The summed E-state index contributed by atoms with van der Waals surface area (Å²) in [5.41, 5.74) is 7.56. The van der Waals surface area contributed by atoms with Crippen molar-refractivity contribution in [2.45, 2.75) is 13.8 Å². The number of aromatic nitrogens is 4. The topological polar surface area (TPSA) is 89.7 Å². The third kappa shape index (κ3) is 2.06. The number of H-pyrrole nitrogens is 1. The van der Waals surface area contributed by atoms with E-state index in [0.717, 1.165) is 5.69 Å². The van der Waals surface area contributed by atoms with Gasteiger partial charge in [-0.2, -0.15) is 4.98 Å². The minimum absolute atomic E-state index is 0.0916. The first-order valence-corrected chi connectivity index (χ1v) is 4.93. The molecule has 0 atom stereocenters. The number of rotatable bonds is 2. The summed E-state index contributed by atoms with van der Waals surface area (Å²) in [5.74, 6) is 0.599. The first-order valence-electron chi connectivity index (χ1n) is 4.55. The Labute approximate surface area is 96.8 Å². The van der Waals surface area contributed by atoms with Crippen LogP contribution in [0.4, 0.5) is 5.69 Å². The SMILES string of the molecule is Cc1cc(Oc2nc(Cl)nc(C)c2N)n[nH]1. The molecule has 0 spiro atoms. The monoisotopic (exact) mass is 239 g/mol. The minimum Gasteiger partial charge on any atom is -0.417 e. The first-order chi connectivity index (χ1) is 7.56. The van der Waals surface area contributed by atoms with Gasteiger partial charge in [0.1, 0.15) is 5.69 Å². The Morgan fingerprint density at radius 1 is 1.38 bits per heavy atom. The number of nitrogens with zero attached hydrogens (tertiary/aromatic N) is 3. The van der Waals surface area contributed by atoms with Gasteiger partial charge in [0.2, 0.25) is 17.0 Å². The third-order valence-corrected chi connectivity index (χ3v) is 2.13. The molecule has 2 aromatic heterocycles. The molecule has 6 nitrogen and oxygen atoms in total. The van der Waals surface area contributed by atoms with E-state index in [1.165, 1.54) is 0 Å². The van der Waals surface area contributed by atoms with Gasteiger partial charge in [0.15, 0.2) is 0 Å². The van der Waals surface area contributed by atoms with Crippen LogP contribution in [-0.2, 0) is 0 Å². The summed E-state index contributed by atoms with van der Waals surface area (Å²) in [6.45, 7) is 3.59. The molecule has 0 saturated carbocycles. The normalized spacial score (nSPS) is 10.4. The van der Waals surface area contributed by atoms with Gasteiger partial charge in [-0.3, -0.25) is 5.10 Å². The predicted octanol–water partition coefficient (Wildman–Crippen LogP) is 1.84. The zero-order valence-corrected chi connectivity index (χ0v) is 9.54. The van der Waals surface area contributed by atoms with Gasteiger partial charge in [0.05, 0.1) is 5.69 Å². The molecule has 0 aromatic carbocycles. The van der Waals surface area contributed by atoms with E-state index >= 15 is 0 Å². The van der Waals surface area contributed by atoms with Crippen molar-refractivity contribution in [3.8, 4) is 11.8 Å². The molecule has 16 heavy (non-hydrogen) atoms. The Balaban J connectivity index is 2.34. The van der Waals surface area contributed by atoms with Crippen molar-refractivity contribution in [2.24, 2.45) is 0 Å². The van der Waals surface area contributed by atoms with Gasteiger partial charge in [-0.25, -0.2) is 4.98 Å². The van der Waals surface area contributed by atoms with E-state index in [4.69, 9.17) is 22.1 Å². The van der Waals surface area contributed by atoms with Crippen LogP contribution < -0.4 is 10.5 Å². The van der Waals surface area contributed by atoms with E-state index in [2.05, 4.69) is 20.2 Å². The fourth-order valence-corrected chi connectivity index (χ4v) is 1.35. The lowest BCUT2D eigenvalue weighted by atomic mass is 10.4. The fraction of sp³-hybridized carbons (Fsp3) is 0.222. The van der Waals surface area contributed by atoms with Crippen LogP contribution in [0.15, 0.2) is 6.07 Å². The van der Waals surface area contributed by atoms with Crippen molar-refractivity contribution in [2.75, 3.05) is 5.73 Å². The average molecular weight is 240 g/mol. The van der Waals surface area contributed by atoms with Crippen LogP contribution in [0.3, 0.4) is 0 Å². The van der Waals surface area contributed by atoms with Gasteiger partial charge in [-0.1, -0.05) is 0 Å². The number of nitrogens with two attached hydrogens (primary N) is 1. The second-order valence-corrected chi connectivity index (χ2v) is 3.63. The quantitative estimate of drug-likeness (QED) is 0.781. The van der Waals surface area contributed by atoms with Crippen LogP contribution in [0.25, 0.3) is 0 Å². The zero-order chi connectivity index (χ0) is 11.7. The highest BCUT2D eigenvalue weighted by Gasteiger charge is 2.11. The molecular formula is C9H10ClN5O. The Kier molecular flexibility index (Phi) is 2.66. The molecular weight excluding hydrogens is 230 g/mol. The lowest BCUT2D eigenvalue weighted by molar-refractivity contribution is 0.444. The molecule has 0 aliphatic rings. The third-order valence-electron chi connectivity index (χ3n) is 1.96. The van der Waals surface area contributed by atoms with Crippen molar-refractivity contribution in [1.29, 1.82) is 0 Å². The summed E-state index contributed by atoms with van der Waals surface area (Å²) in [6, 6.07) is 1.73. The van der Waals surface area contributed by atoms with E-state index in [-0.39, 0.29) is 11.2 Å². The largest absolute Gasteiger partial charge is 0.417 e. The van der Waals surface area contributed by atoms with Gasteiger partial charge in [0.25, 0.3) is 0 Å². The summed E-state index contributed by atoms with van der Waals surface area (Å²) in [6.07, 6.45) is 0. The molecule has 2 rings (SSSR count).